The van der Waals surface area contributed by atoms with Gasteiger partial charge < -0.3 is 9.15 Å². The van der Waals surface area contributed by atoms with Crippen molar-refractivity contribution >= 4 is 11.0 Å². The van der Waals surface area contributed by atoms with E-state index in [1.165, 1.54) is 11.6 Å². The lowest BCUT2D eigenvalue weighted by atomic mass is 9.98. The van der Waals surface area contributed by atoms with Crippen molar-refractivity contribution in [1.29, 1.82) is 0 Å². The minimum Gasteiger partial charge on any atom is -0.457 e. The van der Waals surface area contributed by atoms with E-state index < -0.39 is 0 Å². The van der Waals surface area contributed by atoms with Gasteiger partial charge in [0.1, 0.15) is 17.1 Å². The van der Waals surface area contributed by atoms with E-state index in [9.17, 15) is 4.79 Å². The molecule has 0 bridgehead atoms. The second kappa shape index (κ2) is 3.97. The van der Waals surface area contributed by atoms with Crippen molar-refractivity contribution in [1.82, 2.24) is 0 Å². The van der Waals surface area contributed by atoms with E-state index >= 15 is 0 Å². The number of benzene rings is 2. The lowest BCUT2D eigenvalue weighted by Crippen LogP contribution is -2.04. The molecular formula is C17H12O3. The van der Waals surface area contributed by atoms with Crippen molar-refractivity contribution in [3.05, 3.63) is 69.6 Å². The molecule has 0 saturated heterocycles. The van der Waals surface area contributed by atoms with Crippen LogP contribution >= 0.6 is 0 Å². The standard InChI is InChI=1S/C17H12O3/c1-10-6-17(18)20-16-9-15-12(8-13(10)16)7-11-4-2-3-5-14(11)19-15/h2-6,8-9H,7H2,1H3. The van der Waals surface area contributed by atoms with Crippen molar-refractivity contribution in [2.75, 3.05) is 0 Å². The fourth-order valence-electron chi connectivity index (χ4n) is 2.70. The molecule has 1 aliphatic heterocycles. The van der Waals surface area contributed by atoms with Crippen LogP contribution in [0.2, 0.25) is 0 Å². The normalized spacial score (nSPS) is 12.7. The Hall–Kier alpha value is -2.55. The van der Waals surface area contributed by atoms with Crippen LogP contribution in [0.15, 0.2) is 51.7 Å². The maximum absolute atomic E-state index is 11.5. The molecule has 1 aromatic heterocycles. The molecule has 98 valence electrons. The van der Waals surface area contributed by atoms with Crippen molar-refractivity contribution in [3.8, 4) is 11.5 Å². The van der Waals surface area contributed by atoms with E-state index in [1.54, 1.807) is 0 Å². The van der Waals surface area contributed by atoms with E-state index in [2.05, 4.69) is 12.1 Å². The zero-order valence-corrected chi connectivity index (χ0v) is 11.0. The Labute approximate surface area is 115 Å². The molecule has 0 amide bonds. The first-order chi connectivity index (χ1) is 9.70. The van der Waals surface area contributed by atoms with Gasteiger partial charge in [0, 0.05) is 29.5 Å². The van der Waals surface area contributed by atoms with Gasteiger partial charge >= 0.3 is 5.63 Å². The molecular weight excluding hydrogens is 252 g/mol. The fourth-order valence-corrected chi connectivity index (χ4v) is 2.70. The summed E-state index contributed by atoms with van der Waals surface area (Å²) in [4.78, 5) is 11.5. The summed E-state index contributed by atoms with van der Waals surface area (Å²) in [7, 11) is 0. The molecule has 0 radical (unpaired) electrons. The highest BCUT2D eigenvalue weighted by molar-refractivity contribution is 5.83. The van der Waals surface area contributed by atoms with E-state index in [1.807, 2.05) is 31.2 Å². The monoisotopic (exact) mass is 264 g/mol. The maximum atomic E-state index is 11.5. The highest BCUT2D eigenvalue weighted by Crippen LogP contribution is 2.38. The molecule has 0 aliphatic carbocycles. The van der Waals surface area contributed by atoms with Crippen LogP contribution in [0.5, 0.6) is 11.5 Å². The summed E-state index contributed by atoms with van der Waals surface area (Å²) < 4.78 is 11.2. The molecule has 3 heteroatoms. The third-order valence-electron chi connectivity index (χ3n) is 3.71. The van der Waals surface area contributed by atoms with E-state index in [0.29, 0.717) is 5.58 Å². The summed E-state index contributed by atoms with van der Waals surface area (Å²) in [5, 5.41) is 0.964. The molecule has 0 N–H and O–H groups in total. The van der Waals surface area contributed by atoms with Crippen LogP contribution in [0.4, 0.5) is 0 Å². The van der Waals surface area contributed by atoms with Crippen LogP contribution < -0.4 is 10.4 Å². The predicted octanol–water partition coefficient (Wildman–Crippen LogP) is 3.80. The number of rotatable bonds is 0. The molecule has 0 atom stereocenters. The minimum atomic E-state index is -0.328. The quantitative estimate of drug-likeness (QED) is 0.453. The molecule has 0 fully saturated rings. The first kappa shape index (κ1) is 11.3. The molecule has 2 heterocycles. The molecule has 0 unspecified atom stereocenters. The number of ether oxygens (including phenoxy) is 1. The molecule has 20 heavy (non-hydrogen) atoms. The van der Waals surface area contributed by atoms with Crippen LogP contribution in [0.3, 0.4) is 0 Å². The number of hydrogen-bond acceptors (Lipinski definition) is 3. The summed E-state index contributed by atoms with van der Waals surface area (Å²) in [6.45, 7) is 1.92. The van der Waals surface area contributed by atoms with Crippen molar-refractivity contribution in [3.63, 3.8) is 0 Å². The van der Waals surface area contributed by atoms with Gasteiger partial charge in [0.2, 0.25) is 0 Å². The van der Waals surface area contributed by atoms with E-state index in [-0.39, 0.29) is 5.63 Å². The highest BCUT2D eigenvalue weighted by atomic mass is 16.5. The van der Waals surface area contributed by atoms with Gasteiger partial charge in [0.15, 0.2) is 0 Å². The predicted molar refractivity (Wildman–Crippen MR) is 76.5 cm³/mol. The van der Waals surface area contributed by atoms with Crippen LogP contribution in [0.1, 0.15) is 16.7 Å². The highest BCUT2D eigenvalue weighted by Gasteiger charge is 2.18. The molecule has 3 nitrogen and oxygen atoms in total. The summed E-state index contributed by atoms with van der Waals surface area (Å²) in [5.74, 6) is 1.64. The fraction of sp³-hybridized carbons (Fsp3) is 0.118. The van der Waals surface area contributed by atoms with Crippen molar-refractivity contribution in [2.45, 2.75) is 13.3 Å². The Morgan fingerprint density at radius 3 is 2.75 bits per heavy atom. The first-order valence-corrected chi connectivity index (χ1v) is 6.54. The molecule has 1 aliphatic rings. The van der Waals surface area contributed by atoms with Crippen LogP contribution in [-0.2, 0) is 6.42 Å². The first-order valence-electron chi connectivity index (χ1n) is 6.54. The number of fused-ring (bicyclic) bond motifs is 3. The van der Waals surface area contributed by atoms with Gasteiger partial charge in [-0.1, -0.05) is 18.2 Å². The van der Waals surface area contributed by atoms with Gasteiger partial charge in [-0.05, 0) is 30.2 Å². The maximum Gasteiger partial charge on any atom is 0.336 e. The third kappa shape index (κ3) is 1.63. The topological polar surface area (TPSA) is 39.4 Å². The van der Waals surface area contributed by atoms with Crippen LogP contribution in [0, 0.1) is 6.92 Å². The summed E-state index contributed by atoms with van der Waals surface area (Å²) >= 11 is 0. The zero-order valence-electron chi connectivity index (χ0n) is 11.0. The number of para-hydroxylation sites is 1. The Kier molecular flexibility index (Phi) is 2.24. The van der Waals surface area contributed by atoms with Crippen molar-refractivity contribution < 1.29 is 9.15 Å². The van der Waals surface area contributed by atoms with Gasteiger partial charge in [-0.25, -0.2) is 4.79 Å². The zero-order chi connectivity index (χ0) is 13.7. The third-order valence-corrected chi connectivity index (χ3v) is 3.71. The molecule has 3 aromatic rings. The summed E-state index contributed by atoms with van der Waals surface area (Å²) in [6, 6.07) is 13.4. The van der Waals surface area contributed by atoms with Crippen molar-refractivity contribution in [2.24, 2.45) is 0 Å². The summed E-state index contributed by atoms with van der Waals surface area (Å²) in [5.41, 5.74) is 3.47. The Balaban J connectivity index is 1.96. The van der Waals surface area contributed by atoms with Gasteiger partial charge in [0.25, 0.3) is 0 Å². The van der Waals surface area contributed by atoms with Gasteiger partial charge in [-0.3, -0.25) is 0 Å². The number of hydrogen-bond donors (Lipinski definition) is 0. The molecule has 4 rings (SSSR count). The average molecular weight is 264 g/mol. The second-order valence-electron chi connectivity index (χ2n) is 5.09. The lowest BCUT2D eigenvalue weighted by molar-refractivity contribution is 0.458. The Morgan fingerprint density at radius 2 is 1.85 bits per heavy atom. The smallest absolute Gasteiger partial charge is 0.336 e. The van der Waals surface area contributed by atoms with E-state index in [0.717, 1.165) is 34.4 Å². The minimum absolute atomic E-state index is 0.328. The Bertz CT molecular complexity index is 890. The largest absolute Gasteiger partial charge is 0.457 e. The van der Waals surface area contributed by atoms with Crippen LogP contribution in [-0.4, -0.2) is 0 Å². The lowest BCUT2D eigenvalue weighted by Gasteiger charge is -2.20. The van der Waals surface area contributed by atoms with Gasteiger partial charge in [-0.15, -0.1) is 0 Å². The van der Waals surface area contributed by atoms with Gasteiger partial charge in [-0.2, -0.15) is 0 Å². The van der Waals surface area contributed by atoms with E-state index in [4.69, 9.17) is 9.15 Å². The second-order valence-corrected chi connectivity index (χ2v) is 5.09. The van der Waals surface area contributed by atoms with Crippen LogP contribution in [0.25, 0.3) is 11.0 Å². The summed E-state index contributed by atoms with van der Waals surface area (Å²) in [6.07, 6.45) is 0.833. The molecule has 0 spiro atoms. The SMILES string of the molecule is Cc1cc(=O)oc2cc3c(cc12)Cc1ccccc1O3. The molecule has 0 saturated carbocycles. The average Bonchev–Trinajstić information content (AvgIpc) is 2.43. The van der Waals surface area contributed by atoms with Gasteiger partial charge in [0.05, 0.1) is 0 Å². The molecule has 2 aromatic carbocycles. The Morgan fingerprint density at radius 1 is 1.00 bits per heavy atom. The number of aryl methyl sites for hydroxylation is 1.